The summed E-state index contributed by atoms with van der Waals surface area (Å²) >= 11 is 0. The van der Waals surface area contributed by atoms with Gasteiger partial charge in [0.1, 0.15) is 0 Å². The molecule has 1 heterocycles. The molecule has 1 aliphatic rings. The molecule has 2 rings (SSSR count). The number of nitrogens with two attached hydrogens (primary N) is 2. The van der Waals surface area contributed by atoms with Gasteiger partial charge in [-0.3, -0.25) is 0 Å². The van der Waals surface area contributed by atoms with Crippen LogP contribution in [0.4, 0.5) is 17.1 Å². The summed E-state index contributed by atoms with van der Waals surface area (Å²) in [5, 5.41) is 0. The molecule has 4 N–H and O–H groups in total. The Hall–Kier alpha value is -1.38. The van der Waals surface area contributed by atoms with E-state index in [0.717, 1.165) is 30.2 Å². The van der Waals surface area contributed by atoms with Crippen molar-refractivity contribution in [3.63, 3.8) is 0 Å². The second kappa shape index (κ2) is 3.17. The lowest BCUT2D eigenvalue weighted by Crippen LogP contribution is -2.18. The maximum atomic E-state index is 5.88. The second-order valence-electron chi connectivity index (χ2n) is 3.51. The van der Waals surface area contributed by atoms with E-state index >= 15 is 0 Å². The Morgan fingerprint density at radius 3 is 2.38 bits per heavy atom. The molecule has 70 valence electrons. The summed E-state index contributed by atoms with van der Waals surface area (Å²) in [5.41, 5.74) is 14.2. The molecule has 0 aliphatic carbocycles. The van der Waals surface area contributed by atoms with E-state index < -0.39 is 0 Å². The van der Waals surface area contributed by atoms with Gasteiger partial charge in [-0.15, -0.1) is 0 Å². The number of nitrogen functional groups attached to an aromatic ring is 2. The van der Waals surface area contributed by atoms with E-state index in [2.05, 4.69) is 4.90 Å². The Morgan fingerprint density at radius 2 is 1.77 bits per heavy atom. The molecule has 0 unspecified atom stereocenters. The first-order valence-corrected chi connectivity index (χ1v) is 4.67. The molecule has 3 nitrogen and oxygen atoms in total. The SMILES string of the molecule is Nc1ccc(N2CCCC2)c(N)c1. The third kappa shape index (κ3) is 1.54. The van der Waals surface area contributed by atoms with Gasteiger partial charge in [0.15, 0.2) is 0 Å². The average molecular weight is 177 g/mol. The highest BCUT2D eigenvalue weighted by Gasteiger charge is 2.14. The summed E-state index contributed by atoms with van der Waals surface area (Å²) in [6.07, 6.45) is 2.54. The lowest BCUT2D eigenvalue weighted by Gasteiger charge is -2.19. The van der Waals surface area contributed by atoms with Gasteiger partial charge in [0.25, 0.3) is 0 Å². The summed E-state index contributed by atoms with van der Waals surface area (Å²) in [4.78, 5) is 2.31. The first-order chi connectivity index (χ1) is 6.27. The van der Waals surface area contributed by atoms with Crippen LogP contribution in [0.15, 0.2) is 18.2 Å². The van der Waals surface area contributed by atoms with Crippen molar-refractivity contribution < 1.29 is 0 Å². The van der Waals surface area contributed by atoms with Gasteiger partial charge in [-0.25, -0.2) is 0 Å². The normalized spacial score (nSPS) is 16.5. The van der Waals surface area contributed by atoms with Crippen LogP contribution in [0.5, 0.6) is 0 Å². The van der Waals surface area contributed by atoms with E-state index in [1.165, 1.54) is 12.8 Å². The molecule has 1 fully saturated rings. The monoisotopic (exact) mass is 177 g/mol. The third-order valence-corrected chi connectivity index (χ3v) is 2.50. The van der Waals surface area contributed by atoms with Crippen molar-refractivity contribution in [3.05, 3.63) is 18.2 Å². The highest BCUT2D eigenvalue weighted by atomic mass is 15.1. The van der Waals surface area contributed by atoms with Crippen molar-refractivity contribution in [2.24, 2.45) is 0 Å². The maximum Gasteiger partial charge on any atom is 0.0601 e. The molecule has 1 aromatic rings. The fourth-order valence-corrected chi connectivity index (χ4v) is 1.82. The van der Waals surface area contributed by atoms with Gasteiger partial charge < -0.3 is 16.4 Å². The van der Waals surface area contributed by atoms with E-state index in [1.54, 1.807) is 0 Å². The van der Waals surface area contributed by atoms with Crippen molar-refractivity contribution in [3.8, 4) is 0 Å². The topological polar surface area (TPSA) is 55.3 Å². The molecule has 0 saturated carbocycles. The predicted octanol–water partition coefficient (Wildman–Crippen LogP) is 1.45. The minimum Gasteiger partial charge on any atom is -0.399 e. The Labute approximate surface area is 78.3 Å². The van der Waals surface area contributed by atoms with Crippen LogP contribution in [0.2, 0.25) is 0 Å². The molecule has 1 aliphatic heterocycles. The lowest BCUT2D eigenvalue weighted by atomic mass is 10.2. The van der Waals surface area contributed by atoms with Crippen LogP contribution in [-0.2, 0) is 0 Å². The lowest BCUT2D eigenvalue weighted by molar-refractivity contribution is 0.949. The third-order valence-electron chi connectivity index (χ3n) is 2.50. The van der Waals surface area contributed by atoms with Crippen molar-refractivity contribution in [1.82, 2.24) is 0 Å². The van der Waals surface area contributed by atoms with Gasteiger partial charge in [-0.1, -0.05) is 0 Å². The van der Waals surface area contributed by atoms with Gasteiger partial charge in [-0.2, -0.15) is 0 Å². The van der Waals surface area contributed by atoms with E-state index in [9.17, 15) is 0 Å². The minimum absolute atomic E-state index is 0.737. The van der Waals surface area contributed by atoms with Crippen molar-refractivity contribution in [2.75, 3.05) is 29.5 Å². The number of nitrogens with zero attached hydrogens (tertiary/aromatic N) is 1. The summed E-state index contributed by atoms with van der Waals surface area (Å²) in [6.45, 7) is 2.24. The van der Waals surface area contributed by atoms with Crippen LogP contribution in [0, 0.1) is 0 Å². The molecule has 0 radical (unpaired) electrons. The van der Waals surface area contributed by atoms with Crippen LogP contribution < -0.4 is 16.4 Å². The summed E-state index contributed by atoms with van der Waals surface area (Å²) in [7, 11) is 0. The minimum atomic E-state index is 0.737. The number of benzene rings is 1. The van der Waals surface area contributed by atoms with Crippen LogP contribution in [0.1, 0.15) is 12.8 Å². The quantitative estimate of drug-likeness (QED) is 0.638. The molecule has 0 bridgehead atoms. The van der Waals surface area contributed by atoms with Crippen LogP contribution >= 0.6 is 0 Å². The van der Waals surface area contributed by atoms with E-state index in [1.807, 2.05) is 18.2 Å². The van der Waals surface area contributed by atoms with Gasteiger partial charge in [0, 0.05) is 18.8 Å². The van der Waals surface area contributed by atoms with Crippen molar-refractivity contribution in [2.45, 2.75) is 12.8 Å². The molecule has 3 heteroatoms. The zero-order chi connectivity index (χ0) is 9.26. The smallest absolute Gasteiger partial charge is 0.0601 e. The maximum absolute atomic E-state index is 5.88. The number of hydrogen-bond acceptors (Lipinski definition) is 3. The van der Waals surface area contributed by atoms with Crippen LogP contribution in [0.3, 0.4) is 0 Å². The highest BCUT2D eigenvalue weighted by molar-refractivity contribution is 5.72. The molecular formula is C10H15N3. The Bertz CT molecular complexity index is 303. The standard InChI is InChI=1S/C10H15N3/c11-8-3-4-10(9(12)7-8)13-5-1-2-6-13/h3-4,7H,1-2,5-6,11-12H2. The molecule has 13 heavy (non-hydrogen) atoms. The molecule has 0 aromatic heterocycles. The Morgan fingerprint density at radius 1 is 1.08 bits per heavy atom. The van der Waals surface area contributed by atoms with Gasteiger partial charge >= 0.3 is 0 Å². The molecule has 0 atom stereocenters. The first kappa shape index (κ1) is 8.23. The van der Waals surface area contributed by atoms with E-state index in [-0.39, 0.29) is 0 Å². The molecule has 1 aromatic carbocycles. The molecule has 0 spiro atoms. The first-order valence-electron chi connectivity index (χ1n) is 4.67. The highest BCUT2D eigenvalue weighted by Crippen LogP contribution is 2.27. The van der Waals surface area contributed by atoms with E-state index in [0.29, 0.717) is 0 Å². The van der Waals surface area contributed by atoms with Gasteiger partial charge in [0.05, 0.1) is 11.4 Å². The summed E-state index contributed by atoms with van der Waals surface area (Å²) in [5.74, 6) is 0. The summed E-state index contributed by atoms with van der Waals surface area (Å²) in [6, 6.07) is 5.74. The van der Waals surface area contributed by atoms with Crippen molar-refractivity contribution in [1.29, 1.82) is 0 Å². The van der Waals surface area contributed by atoms with E-state index in [4.69, 9.17) is 11.5 Å². The second-order valence-corrected chi connectivity index (χ2v) is 3.51. The average Bonchev–Trinajstić information content (AvgIpc) is 2.56. The molecule has 0 amide bonds. The fourth-order valence-electron chi connectivity index (χ4n) is 1.82. The fraction of sp³-hybridized carbons (Fsp3) is 0.400. The van der Waals surface area contributed by atoms with Gasteiger partial charge in [-0.05, 0) is 31.0 Å². The zero-order valence-electron chi connectivity index (χ0n) is 7.66. The number of anilines is 3. The molecule has 1 saturated heterocycles. The number of rotatable bonds is 1. The summed E-state index contributed by atoms with van der Waals surface area (Å²) < 4.78 is 0. The molecular weight excluding hydrogens is 162 g/mol. The number of hydrogen-bond donors (Lipinski definition) is 2. The largest absolute Gasteiger partial charge is 0.399 e. The van der Waals surface area contributed by atoms with Gasteiger partial charge in [0.2, 0.25) is 0 Å². The van der Waals surface area contributed by atoms with Crippen molar-refractivity contribution >= 4 is 17.1 Å². The predicted molar refractivity (Wildman–Crippen MR) is 56.7 cm³/mol. The van der Waals surface area contributed by atoms with Crippen LogP contribution in [0.25, 0.3) is 0 Å². The zero-order valence-corrected chi connectivity index (χ0v) is 7.66. The Kier molecular flexibility index (Phi) is 2.00. The Balaban J connectivity index is 2.29. The van der Waals surface area contributed by atoms with Crippen LogP contribution in [-0.4, -0.2) is 13.1 Å².